The number of aliphatic hydroxyl groups excluding tert-OH is 1. The molecule has 0 bridgehead atoms. The maximum absolute atomic E-state index is 10.4. The smallest absolute Gasteiger partial charge is 0.234 e. The van der Waals surface area contributed by atoms with Crippen LogP contribution in [0, 0.1) is 0 Å². The van der Waals surface area contributed by atoms with E-state index in [9.17, 15) is 4.79 Å². The second kappa shape index (κ2) is 2.33. The molecule has 1 rings (SSSR count). The maximum Gasteiger partial charge on any atom is 0.234 e. The zero-order chi connectivity index (χ0) is 6.85. The molecule has 1 unspecified atom stereocenters. The van der Waals surface area contributed by atoms with Gasteiger partial charge in [-0.05, 0) is 6.42 Å². The Morgan fingerprint density at radius 3 is 2.67 bits per heavy atom. The number of primary amides is 1. The lowest BCUT2D eigenvalue weighted by Crippen LogP contribution is -2.36. The molecule has 0 radical (unpaired) electrons. The second-order valence-electron chi connectivity index (χ2n) is 2.25. The van der Waals surface area contributed by atoms with Crippen LogP contribution in [0.3, 0.4) is 0 Å². The first kappa shape index (κ1) is 6.51. The second-order valence-corrected chi connectivity index (χ2v) is 2.25. The average molecular weight is 130 g/mol. The van der Waals surface area contributed by atoms with Crippen LogP contribution in [0.4, 0.5) is 0 Å². The minimum absolute atomic E-state index is 0.319. The summed E-state index contributed by atoms with van der Waals surface area (Å²) in [7, 11) is 0. The van der Waals surface area contributed by atoms with Crippen LogP contribution in [0.25, 0.3) is 0 Å². The minimum atomic E-state index is -0.400. The number of carbonyl (C=O) groups is 1. The fourth-order valence-corrected chi connectivity index (χ4v) is 0.934. The van der Waals surface area contributed by atoms with Gasteiger partial charge in [-0.1, -0.05) is 0 Å². The van der Waals surface area contributed by atoms with Crippen LogP contribution >= 0.6 is 0 Å². The molecule has 1 amide bonds. The zero-order valence-electron chi connectivity index (χ0n) is 5.00. The molecule has 0 spiro atoms. The molecular weight excluding hydrogens is 120 g/mol. The van der Waals surface area contributed by atoms with Crippen LogP contribution in [-0.4, -0.2) is 29.7 Å². The Hall–Kier alpha value is -0.610. The number of nitrogens with one attached hydrogen (secondary N) is 1. The molecular formula is C5H10N2O2. The highest BCUT2D eigenvalue weighted by Crippen LogP contribution is 2.04. The number of carbonyl (C=O) groups excluding carboxylic acids is 1. The summed E-state index contributed by atoms with van der Waals surface area (Å²) in [4.78, 5) is 10.4. The lowest BCUT2D eigenvalue weighted by Gasteiger charge is -2.01. The first-order valence-corrected chi connectivity index (χ1v) is 2.91. The normalized spacial score (nSPS) is 34.8. The van der Waals surface area contributed by atoms with E-state index in [4.69, 9.17) is 10.8 Å². The topological polar surface area (TPSA) is 75.4 Å². The maximum atomic E-state index is 10.4. The van der Waals surface area contributed by atoms with Crippen LogP contribution in [-0.2, 0) is 4.79 Å². The summed E-state index contributed by atoms with van der Waals surface area (Å²) in [6, 6.07) is -0.319. The Kier molecular flexibility index (Phi) is 1.68. The van der Waals surface area contributed by atoms with E-state index in [1.807, 2.05) is 0 Å². The number of hydrogen-bond donors (Lipinski definition) is 3. The summed E-state index contributed by atoms with van der Waals surface area (Å²) < 4.78 is 0. The van der Waals surface area contributed by atoms with Crippen molar-refractivity contribution < 1.29 is 9.90 Å². The van der Waals surface area contributed by atoms with E-state index in [-0.39, 0.29) is 11.9 Å². The van der Waals surface area contributed by atoms with Gasteiger partial charge in [0, 0.05) is 6.54 Å². The van der Waals surface area contributed by atoms with Crippen molar-refractivity contribution in [2.45, 2.75) is 18.6 Å². The van der Waals surface area contributed by atoms with Gasteiger partial charge in [-0.3, -0.25) is 4.79 Å². The molecule has 0 aromatic heterocycles. The van der Waals surface area contributed by atoms with Gasteiger partial charge in [-0.2, -0.15) is 0 Å². The van der Waals surface area contributed by atoms with Gasteiger partial charge in [0.1, 0.15) is 0 Å². The number of β-amino-alcohol motifs (C(OH)–C–C–N with tert-alkyl or cyclic N) is 1. The van der Waals surface area contributed by atoms with Crippen molar-refractivity contribution in [1.29, 1.82) is 0 Å². The third-order valence-electron chi connectivity index (χ3n) is 1.45. The molecule has 0 aliphatic carbocycles. The van der Waals surface area contributed by atoms with Crippen molar-refractivity contribution in [2.75, 3.05) is 6.54 Å². The summed E-state index contributed by atoms with van der Waals surface area (Å²) in [5, 5.41) is 11.7. The molecule has 1 saturated heterocycles. The average Bonchev–Trinajstić information content (AvgIpc) is 2.14. The van der Waals surface area contributed by atoms with Crippen molar-refractivity contribution in [3.8, 4) is 0 Å². The lowest BCUT2D eigenvalue weighted by molar-refractivity contribution is -0.119. The summed E-state index contributed by atoms with van der Waals surface area (Å²) in [6.07, 6.45) is 0.0532. The van der Waals surface area contributed by atoms with Crippen LogP contribution in [0.5, 0.6) is 0 Å². The largest absolute Gasteiger partial charge is 0.392 e. The third-order valence-corrected chi connectivity index (χ3v) is 1.45. The van der Waals surface area contributed by atoms with Crippen LogP contribution in [0.2, 0.25) is 0 Å². The van der Waals surface area contributed by atoms with E-state index in [2.05, 4.69) is 5.32 Å². The Morgan fingerprint density at radius 1 is 1.78 bits per heavy atom. The quantitative estimate of drug-likeness (QED) is 0.392. The van der Waals surface area contributed by atoms with Crippen molar-refractivity contribution in [2.24, 2.45) is 5.73 Å². The molecule has 2 atom stereocenters. The van der Waals surface area contributed by atoms with Gasteiger partial charge >= 0.3 is 0 Å². The van der Waals surface area contributed by atoms with Crippen molar-refractivity contribution in [3.05, 3.63) is 0 Å². The van der Waals surface area contributed by atoms with Crippen molar-refractivity contribution in [1.82, 2.24) is 5.32 Å². The van der Waals surface area contributed by atoms with Crippen LogP contribution < -0.4 is 11.1 Å². The standard InChI is InChI=1S/C5H10N2O2/c6-5(9)4-1-3(8)2-7-4/h3-4,7-8H,1-2H2,(H2,6,9)/t3?,4-/m0/s1. The van der Waals surface area contributed by atoms with Gasteiger partial charge in [-0.25, -0.2) is 0 Å². The van der Waals surface area contributed by atoms with Gasteiger partial charge in [0.05, 0.1) is 12.1 Å². The first-order chi connectivity index (χ1) is 4.20. The molecule has 52 valence electrons. The molecule has 9 heavy (non-hydrogen) atoms. The number of rotatable bonds is 1. The first-order valence-electron chi connectivity index (χ1n) is 2.91. The number of aliphatic hydroxyl groups is 1. The van der Waals surface area contributed by atoms with Crippen molar-refractivity contribution in [3.63, 3.8) is 0 Å². The molecule has 1 heterocycles. The molecule has 0 aromatic carbocycles. The summed E-state index contributed by atoms with van der Waals surface area (Å²) in [5.74, 6) is -0.383. The predicted octanol–water partition coefficient (Wildman–Crippen LogP) is -1.81. The molecule has 4 N–H and O–H groups in total. The van der Waals surface area contributed by atoms with Gasteiger partial charge < -0.3 is 16.2 Å². The Balaban J connectivity index is 2.39. The van der Waals surface area contributed by atoms with Gasteiger partial charge in [0.15, 0.2) is 0 Å². The van der Waals surface area contributed by atoms with E-state index < -0.39 is 6.10 Å². The minimum Gasteiger partial charge on any atom is -0.392 e. The van der Waals surface area contributed by atoms with Crippen molar-refractivity contribution >= 4 is 5.91 Å². The summed E-state index contributed by atoms with van der Waals surface area (Å²) in [5.41, 5.74) is 4.95. The zero-order valence-corrected chi connectivity index (χ0v) is 5.00. The Bertz CT molecular complexity index is 126. The Labute approximate surface area is 53.0 Å². The summed E-state index contributed by atoms with van der Waals surface area (Å²) >= 11 is 0. The molecule has 1 aliphatic rings. The lowest BCUT2D eigenvalue weighted by atomic mass is 10.2. The number of hydrogen-bond acceptors (Lipinski definition) is 3. The van der Waals surface area contributed by atoms with E-state index in [1.165, 1.54) is 0 Å². The molecule has 1 fully saturated rings. The third kappa shape index (κ3) is 1.40. The highest BCUT2D eigenvalue weighted by atomic mass is 16.3. The van der Waals surface area contributed by atoms with Gasteiger partial charge in [0.2, 0.25) is 5.91 Å². The fraction of sp³-hybridized carbons (Fsp3) is 0.800. The molecule has 0 saturated carbocycles. The Morgan fingerprint density at radius 2 is 2.44 bits per heavy atom. The highest BCUT2D eigenvalue weighted by molar-refractivity contribution is 5.80. The SMILES string of the molecule is NC(=O)[C@@H]1CC(O)CN1. The summed E-state index contributed by atoms with van der Waals surface area (Å²) in [6.45, 7) is 0.480. The van der Waals surface area contributed by atoms with E-state index in [0.717, 1.165) is 0 Å². The van der Waals surface area contributed by atoms with E-state index in [0.29, 0.717) is 13.0 Å². The van der Waals surface area contributed by atoms with E-state index >= 15 is 0 Å². The molecule has 4 nitrogen and oxygen atoms in total. The fourth-order valence-electron chi connectivity index (χ4n) is 0.934. The van der Waals surface area contributed by atoms with Crippen LogP contribution in [0.15, 0.2) is 0 Å². The molecule has 1 aliphatic heterocycles. The highest BCUT2D eigenvalue weighted by Gasteiger charge is 2.25. The van der Waals surface area contributed by atoms with Crippen LogP contribution in [0.1, 0.15) is 6.42 Å². The molecule has 0 aromatic rings. The predicted molar refractivity (Wildman–Crippen MR) is 31.6 cm³/mol. The van der Waals surface area contributed by atoms with Gasteiger partial charge in [-0.15, -0.1) is 0 Å². The number of amides is 1. The monoisotopic (exact) mass is 130 g/mol. The van der Waals surface area contributed by atoms with E-state index in [1.54, 1.807) is 0 Å². The number of nitrogens with two attached hydrogens (primary N) is 1. The molecule has 4 heteroatoms. The van der Waals surface area contributed by atoms with Gasteiger partial charge in [0.25, 0.3) is 0 Å².